The van der Waals surface area contributed by atoms with E-state index < -0.39 is 0 Å². The molecule has 1 aliphatic rings. The van der Waals surface area contributed by atoms with Crippen LogP contribution in [0.4, 0.5) is 0 Å². The molecule has 0 bridgehead atoms. The number of hydrogen-bond donors (Lipinski definition) is 2. The molecule has 1 aliphatic heterocycles. The number of carbonyl (C=O) groups excluding carboxylic acids is 2. The fourth-order valence-corrected chi connectivity index (χ4v) is 3.78. The molecule has 30 heavy (non-hydrogen) atoms. The number of benzene rings is 2. The van der Waals surface area contributed by atoms with E-state index in [1.165, 1.54) is 12.8 Å². The van der Waals surface area contributed by atoms with E-state index in [1.807, 2.05) is 18.2 Å². The van der Waals surface area contributed by atoms with Crippen LogP contribution >= 0.6 is 11.6 Å². The van der Waals surface area contributed by atoms with E-state index in [9.17, 15) is 9.59 Å². The molecule has 7 heteroatoms. The number of carbonyl (C=O) groups is 2. The lowest BCUT2D eigenvalue weighted by Gasteiger charge is -2.28. The van der Waals surface area contributed by atoms with Crippen molar-refractivity contribution in [1.29, 1.82) is 0 Å². The van der Waals surface area contributed by atoms with Gasteiger partial charge >= 0.3 is 0 Å². The predicted octanol–water partition coefficient (Wildman–Crippen LogP) is 3.42. The van der Waals surface area contributed by atoms with Gasteiger partial charge in [0, 0.05) is 30.1 Å². The van der Waals surface area contributed by atoms with Crippen LogP contribution in [-0.4, -0.2) is 50.0 Å². The average molecular weight is 430 g/mol. The van der Waals surface area contributed by atoms with Crippen LogP contribution in [0.15, 0.2) is 48.5 Å². The molecule has 2 N–H and O–H groups in total. The maximum absolute atomic E-state index is 12.4. The summed E-state index contributed by atoms with van der Waals surface area (Å²) < 4.78 is 5.36. The third-order valence-electron chi connectivity index (χ3n) is 5.30. The lowest BCUT2D eigenvalue weighted by molar-refractivity contribution is -0.121. The monoisotopic (exact) mass is 429 g/mol. The van der Waals surface area contributed by atoms with Crippen molar-refractivity contribution in [2.75, 3.05) is 33.3 Å². The van der Waals surface area contributed by atoms with Crippen LogP contribution in [0.3, 0.4) is 0 Å². The first-order chi connectivity index (χ1) is 14.6. The van der Waals surface area contributed by atoms with Crippen molar-refractivity contribution < 1.29 is 14.3 Å². The number of halogens is 1. The highest BCUT2D eigenvalue weighted by atomic mass is 35.5. The largest absolute Gasteiger partial charge is 0.497 e. The molecule has 0 spiro atoms. The number of methoxy groups -OCH3 is 1. The van der Waals surface area contributed by atoms with Crippen LogP contribution in [-0.2, 0) is 4.79 Å². The molecule has 0 saturated carbocycles. The normalized spacial score (nSPS) is 14.9. The Kier molecular flexibility index (Phi) is 8.11. The van der Waals surface area contributed by atoms with Crippen LogP contribution < -0.4 is 15.4 Å². The highest BCUT2D eigenvalue weighted by Crippen LogP contribution is 2.27. The zero-order chi connectivity index (χ0) is 21.3. The van der Waals surface area contributed by atoms with Gasteiger partial charge in [0.05, 0.1) is 13.2 Å². The number of ether oxygens (including phenoxy) is 1. The van der Waals surface area contributed by atoms with Crippen molar-refractivity contribution in [3.05, 3.63) is 64.7 Å². The molecule has 0 aliphatic carbocycles. The Labute approximate surface area is 182 Å². The Morgan fingerprint density at radius 1 is 1.10 bits per heavy atom. The molecule has 3 rings (SSSR count). The zero-order valence-corrected chi connectivity index (χ0v) is 18.0. The van der Waals surface area contributed by atoms with E-state index in [-0.39, 0.29) is 30.8 Å². The van der Waals surface area contributed by atoms with Gasteiger partial charge in [-0.25, -0.2) is 0 Å². The number of amides is 2. The number of nitrogens with zero attached hydrogens (tertiary/aromatic N) is 1. The SMILES string of the molecule is COc1cccc(C(CNC(=O)CCNC(=O)c2ccc(Cl)cc2)N2CCCC2)c1. The van der Waals surface area contributed by atoms with Gasteiger partial charge in [-0.1, -0.05) is 23.7 Å². The van der Waals surface area contributed by atoms with Crippen molar-refractivity contribution >= 4 is 23.4 Å². The van der Waals surface area contributed by atoms with Gasteiger partial charge in [-0.2, -0.15) is 0 Å². The van der Waals surface area contributed by atoms with Crippen LogP contribution in [0.1, 0.15) is 41.2 Å². The lowest BCUT2D eigenvalue weighted by Crippen LogP contribution is -2.38. The summed E-state index contributed by atoms with van der Waals surface area (Å²) >= 11 is 5.84. The molecular formula is C23H28ClN3O3. The van der Waals surface area contributed by atoms with E-state index >= 15 is 0 Å². The highest BCUT2D eigenvalue weighted by molar-refractivity contribution is 6.30. The zero-order valence-electron chi connectivity index (χ0n) is 17.2. The minimum Gasteiger partial charge on any atom is -0.497 e. The average Bonchev–Trinajstić information content (AvgIpc) is 3.29. The fraction of sp³-hybridized carbons (Fsp3) is 0.391. The van der Waals surface area contributed by atoms with Gasteiger partial charge in [-0.3, -0.25) is 14.5 Å². The Morgan fingerprint density at radius 3 is 2.53 bits per heavy atom. The van der Waals surface area contributed by atoms with E-state index in [4.69, 9.17) is 16.3 Å². The summed E-state index contributed by atoms with van der Waals surface area (Å²) in [5, 5.41) is 6.37. The molecule has 2 aromatic carbocycles. The second-order valence-corrected chi connectivity index (χ2v) is 7.79. The van der Waals surface area contributed by atoms with Crippen LogP contribution in [0.2, 0.25) is 5.02 Å². The minimum absolute atomic E-state index is 0.0847. The summed E-state index contributed by atoms with van der Waals surface area (Å²) in [6.07, 6.45) is 2.57. The van der Waals surface area contributed by atoms with Gasteiger partial charge in [0.15, 0.2) is 0 Å². The standard InChI is InChI=1S/C23H28ClN3O3/c1-30-20-6-4-5-18(15-20)21(27-13-2-3-14-27)16-26-22(28)11-12-25-23(29)17-7-9-19(24)10-8-17/h4-10,15,21H,2-3,11-14,16H2,1H3,(H,25,29)(H,26,28). The summed E-state index contributed by atoms with van der Waals surface area (Å²) in [5.74, 6) is 0.511. The predicted molar refractivity (Wildman–Crippen MR) is 118 cm³/mol. The van der Waals surface area contributed by atoms with E-state index in [0.717, 1.165) is 24.4 Å². The Bertz CT molecular complexity index is 851. The molecular weight excluding hydrogens is 402 g/mol. The molecule has 6 nitrogen and oxygen atoms in total. The molecule has 1 unspecified atom stereocenters. The molecule has 1 heterocycles. The quantitative estimate of drug-likeness (QED) is 0.640. The lowest BCUT2D eigenvalue weighted by atomic mass is 10.0. The molecule has 1 atom stereocenters. The number of nitrogens with one attached hydrogen (secondary N) is 2. The molecule has 2 amide bonds. The van der Waals surface area contributed by atoms with Gasteiger partial charge in [-0.05, 0) is 67.9 Å². The van der Waals surface area contributed by atoms with Gasteiger partial charge in [0.1, 0.15) is 5.75 Å². The van der Waals surface area contributed by atoms with Gasteiger partial charge < -0.3 is 15.4 Å². The van der Waals surface area contributed by atoms with Gasteiger partial charge in [0.25, 0.3) is 5.91 Å². The Hall–Kier alpha value is -2.57. The maximum atomic E-state index is 12.4. The first-order valence-corrected chi connectivity index (χ1v) is 10.6. The minimum atomic E-state index is -0.217. The van der Waals surface area contributed by atoms with Crippen molar-refractivity contribution in [1.82, 2.24) is 15.5 Å². The summed E-state index contributed by atoms with van der Waals surface area (Å²) in [6, 6.07) is 14.8. The first-order valence-electron chi connectivity index (χ1n) is 10.3. The van der Waals surface area contributed by atoms with E-state index in [0.29, 0.717) is 17.1 Å². The maximum Gasteiger partial charge on any atom is 0.251 e. The summed E-state index contributed by atoms with van der Waals surface area (Å²) in [4.78, 5) is 26.9. The fourth-order valence-electron chi connectivity index (χ4n) is 3.65. The van der Waals surface area contributed by atoms with Crippen LogP contribution in [0.25, 0.3) is 0 Å². The number of hydrogen-bond acceptors (Lipinski definition) is 4. The molecule has 0 aromatic heterocycles. The van der Waals surface area contributed by atoms with Crippen molar-refractivity contribution in [3.63, 3.8) is 0 Å². The first kappa shape index (κ1) is 22.1. The van der Waals surface area contributed by atoms with Crippen LogP contribution in [0.5, 0.6) is 5.75 Å². The van der Waals surface area contributed by atoms with Crippen molar-refractivity contribution in [3.8, 4) is 5.75 Å². The topological polar surface area (TPSA) is 70.7 Å². The van der Waals surface area contributed by atoms with Crippen molar-refractivity contribution in [2.24, 2.45) is 0 Å². The Balaban J connectivity index is 1.50. The smallest absolute Gasteiger partial charge is 0.251 e. The Morgan fingerprint density at radius 2 is 1.83 bits per heavy atom. The molecule has 1 fully saturated rings. The third-order valence-corrected chi connectivity index (χ3v) is 5.55. The molecule has 2 aromatic rings. The molecule has 0 radical (unpaired) electrons. The van der Waals surface area contributed by atoms with E-state index in [1.54, 1.807) is 31.4 Å². The molecule has 160 valence electrons. The number of rotatable bonds is 9. The van der Waals surface area contributed by atoms with Gasteiger partial charge in [0.2, 0.25) is 5.91 Å². The van der Waals surface area contributed by atoms with Gasteiger partial charge in [-0.15, -0.1) is 0 Å². The second-order valence-electron chi connectivity index (χ2n) is 7.35. The number of likely N-dealkylation sites (tertiary alicyclic amines) is 1. The second kappa shape index (κ2) is 11.0. The summed E-state index contributed by atoms with van der Waals surface area (Å²) in [6.45, 7) is 2.85. The van der Waals surface area contributed by atoms with E-state index in [2.05, 4.69) is 21.6 Å². The molecule has 1 saturated heterocycles. The van der Waals surface area contributed by atoms with Crippen LogP contribution in [0, 0.1) is 0 Å². The summed E-state index contributed by atoms with van der Waals surface area (Å²) in [7, 11) is 1.66. The highest BCUT2D eigenvalue weighted by Gasteiger charge is 2.24. The van der Waals surface area contributed by atoms with Crippen molar-refractivity contribution in [2.45, 2.75) is 25.3 Å². The third kappa shape index (κ3) is 6.21. The summed E-state index contributed by atoms with van der Waals surface area (Å²) in [5.41, 5.74) is 1.65.